The predicted molar refractivity (Wildman–Crippen MR) is 53.7 cm³/mol. The van der Waals surface area contributed by atoms with E-state index in [0.717, 1.165) is 22.4 Å². The van der Waals surface area contributed by atoms with Gasteiger partial charge in [-0.2, -0.15) is 0 Å². The normalized spacial score (nSPS) is 19.2. The van der Waals surface area contributed by atoms with E-state index in [1.807, 2.05) is 6.92 Å². The lowest BCUT2D eigenvalue weighted by atomic mass is 10.4. The lowest BCUT2D eigenvalue weighted by molar-refractivity contribution is -0.661. The summed E-state index contributed by atoms with van der Waals surface area (Å²) in [6, 6.07) is 0. The van der Waals surface area contributed by atoms with E-state index in [4.69, 9.17) is 0 Å². The molecule has 0 spiro atoms. The Balaban J connectivity index is 1.89. The zero-order valence-corrected chi connectivity index (χ0v) is 9.20. The summed E-state index contributed by atoms with van der Waals surface area (Å²) in [5.41, 5.74) is 0. The van der Waals surface area contributed by atoms with E-state index in [1.165, 1.54) is 13.1 Å². The van der Waals surface area contributed by atoms with Crippen molar-refractivity contribution in [3.8, 4) is 0 Å². The van der Waals surface area contributed by atoms with Gasteiger partial charge in [0.2, 0.25) is 0 Å². The Bertz CT molecular complexity index is 269. The molecule has 13 heavy (non-hydrogen) atoms. The highest BCUT2D eigenvalue weighted by Crippen LogP contribution is 2.24. The van der Waals surface area contributed by atoms with Crippen LogP contribution in [0.15, 0.2) is 4.34 Å². The summed E-state index contributed by atoms with van der Waals surface area (Å²) in [6.45, 7) is 6.67. The van der Waals surface area contributed by atoms with E-state index in [0.29, 0.717) is 0 Å². The molecule has 2 rings (SSSR count). The molecule has 0 unspecified atom stereocenters. The number of quaternary nitrogens is 1. The highest BCUT2D eigenvalue weighted by atomic mass is 32.2. The molecule has 0 aromatic carbocycles. The molecule has 0 atom stereocenters. The average Bonchev–Trinajstić information content (AvgIpc) is 2.53. The van der Waals surface area contributed by atoms with Gasteiger partial charge in [-0.3, -0.25) is 0 Å². The molecule has 0 saturated carbocycles. The predicted octanol–water partition coefficient (Wildman–Crippen LogP) is -0.267. The van der Waals surface area contributed by atoms with E-state index in [9.17, 15) is 0 Å². The van der Waals surface area contributed by atoms with Crippen LogP contribution in [0.3, 0.4) is 0 Å². The summed E-state index contributed by atoms with van der Waals surface area (Å²) in [7, 11) is 0. The largest absolute Gasteiger partial charge is 0.344 e. The molecule has 72 valence electrons. The molecule has 6 heteroatoms. The van der Waals surface area contributed by atoms with Crippen molar-refractivity contribution < 1.29 is 5.32 Å². The second-order valence-corrected chi connectivity index (χ2v) is 5.50. The molecule has 4 nitrogen and oxygen atoms in total. The molecule has 2 heterocycles. The van der Waals surface area contributed by atoms with Gasteiger partial charge >= 0.3 is 0 Å². The van der Waals surface area contributed by atoms with Gasteiger partial charge in [0.25, 0.3) is 0 Å². The fourth-order valence-corrected chi connectivity index (χ4v) is 3.18. The summed E-state index contributed by atoms with van der Waals surface area (Å²) in [5.74, 6) is 0. The van der Waals surface area contributed by atoms with Crippen molar-refractivity contribution in [1.29, 1.82) is 0 Å². The van der Waals surface area contributed by atoms with E-state index in [1.54, 1.807) is 23.3 Å². The number of hydrogen-bond donors (Lipinski definition) is 1. The Morgan fingerprint density at radius 3 is 2.77 bits per heavy atom. The number of rotatable bonds is 2. The lowest BCUT2D eigenvalue weighted by Gasteiger charge is -2.21. The summed E-state index contributed by atoms with van der Waals surface area (Å²) < 4.78 is 3.43. The summed E-state index contributed by atoms with van der Waals surface area (Å²) in [6.07, 6.45) is 0. The fraction of sp³-hybridized carbons (Fsp3) is 0.714. The Morgan fingerprint density at radius 2 is 2.15 bits per heavy atom. The third-order valence-corrected chi connectivity index (χ3v) is 3.85. The molecule has 1 saturated heterocycles. The van der Waals surface area contributed by atoms with Gasteiger partial charge < -0.3 is 5.32 Å². The van der Waals surface area contributed by atoms with Crippen LogP contribution in [0.2, 0.25) is 0 Å². The first kappa shape index (κ1) is 9.39. The minimum absolute atomic E-state index is 1.05. The number of aromatic nitrogens is 2. The third kappa shape index (κ3) is 2.63. The van der Waals surface area contributed by atoms with Crippen molar-refractivity contribution in [1.82, 2.24) is 14.5 Å². The molecule has 1 aliphatic heterocycles. The van der Waals surface area contributed by atoms with E-state index < -0.39 is 0 Å². The molecule has 1 aromatic heterocycles. The van der Waals surface area contributed by atoms with Gasteiger partial charge in [-0.25, -0.2) is 4.31 Å². The maximum absolute atomic E-state index is 4.09. The second-order valence-electron chi connectivity index (χ2n) is 2.97. The van der Waals surface area contributed by atoms with E-state index >= 15 is 0 Å². The van der Waals surface area contributed by atoms with Crippen LogP contribution in [0.4, 0.5) is 0 Å². The summed E-state index contributed by atoms with van der Waals surface area (Å²) in [4.78, 5) is 0. The Morgan fingerprint density at radius 1 is 1.38 bits per heavy atom. The topological polar surface area (TPSA) is 45.6 Å². The van der Waals surface area contributed by atoms with Gasteiger partial charge in [0, 0.05) is 0 Å². The molecule has 0 amide bonds. The van der Waals surface area contributed by atoms with Crippen molar-refractivity contribution in [2.75, 3.05) is 26.2 Å². The first-order valence-electron chi connectivity index (χ1n) is 4.39. The maximum atomic E-state index is 4.09. The van der Waals surface area contributed by atoms with Crippen molar-refractivity contribution in [2.45, 2.75) is 11.3 Å². The molecule has 0 bridgehead atoms. The zero-order valence-electron chi connectivity index (χ0n) is 7.56. The Labute approximate surface area is 85.9 Å². The molecule has 0 aliphatic carbocycles. The van der Waals surface area contributed by atoms with Crippen LogP contribution in [0, 0.1) is 6.92 Å². The highest BCUT2D eigenvalue weighted by Gasteiger charge is 2.14. The average molecular weight is 217 g/mol. The van der Waals surface area contributed by atoms with Crippen LogP contribution in [-0.4, -0.2) is 40.7 Å². The lowest BCUT2D eigenvalue weighted by Crippen LogP contribution is -2.89. The zero-order chi connectivity index (χ0) is 9.10. The summed E-state index contributed by atoms with van der Waals surface area (Å²) in [5, 5.41) is 11.5. The number of nitrogens with two attached hydrogens (primary N) is 1. The van der Waals surface area contributed by atoms with Gasteiger partial charge in [-0.1, -0.05) is 11.3 Å². The summed E-state index contributed by atoms with van der Waals surface area (Å²) >= 11 is 3.41. The van der Waals surface area contributed by atoms with E-state index in [2.05, 4.69) is 19.8 Å². The Kier molecular flexibility index (Phi) is 3.15. The molecule has 0 radical (unpaired) electrons. The van der Waals surface area contributed by atoms with Crippen LogP contribution in [0.5, 0.6) is 0 Å². The molecular weight excluding hydrogens is 204 g/mol. The van der Waals surface area contributed by atoms with Crippen LogP contribution >= 0.6 is 23.3 Å². The quantitative estimate of drug-likeness (QED) is 0.693. The van der Waals surface area contributed by atoms with Gasteiger partial charge in [0.15, 0.2) is 4.34 Å². The van der Waals surface area contributed by atoms with Crippen LogP contribution < -0.4 is 5.32 Å². The Hall–Kier alpha value is -0.170. The molecule has 1 fully saturated rings. The van der Waals surface area contributed by atoms with Crippen molar-refractivity contribution >= 4 is 23.3 Å². The monoisotopic (exact) mass is 217 g/mol. The second kappa shape index (κ2) is 4.36. The van der Waals surface area contributed by atoms with Crippen molar-refractivity contribution in [3.05, 3.63) is 5.01 Å². The van der Waals surface area contributed by atoms with Crippen molar-refractivity contribution in [2.24, 2.45) is 0 Å². The molecule has 1 aromatic rings. The molecule has 1 aliphatic rings. The van der Waals surface area contributed by atoms with Crippen molar-refractivity contribution in [3.63, 3.8) is 0 Å². The number of nitrogens with zero attached hydrogens (tertiary/aromatic N) is 3. The smallest absolute Gasteiger partial charge is 0.189 e. The van der Waals surface area contributed by atoms with Gasteiger partial charge in [0.1, 0.15) is 5.01 Å². The number of hydrogen-bond acceptors (Lipinski definition) is 5. The minimum atomic E-state index is 1.05. The van der Waals surface area contributed by atoms with Crippen LogP contribution in [0.1, 0.15) is 5.01 Å². The number of aryl methyl sites for hydroxylation is 1. The molecule has 2 N–H and O–H groups in total. The standard InChI is InChI=1S/C7H12N4S2/c1-6-9-10-7(12-6)13-11-4-2-8-3-5-11/h8H,2-5H2,1H3/p+1. The van der Waals surface area contributed by atoms with Gasteiger partial charge in [0.05, 0.1) is 26.2 Å². The first-order valence-corrected chi connectivity index (χ1v) is 5.98. The van der Waals surface area contributed by atoms with Crippen LogP contribution in [-0.2, 0) is 0 Å². The SMILES string of the molecule is Cc1nnc(SN2CC[NH2+]CC2)s1. The fourth-order valence-electron chi connectivity index (χ4n) is 1.24. The molecular formula is C7H13N4S2+. The van der Waals surface area contributed by atoms with Gasteiger partial charge in [-0.05, 0) is 18.9 Å². The minimum Gasteiger partial charge on any atom is -0.344 e. The van der Waals surface area contributed by atoms with Crippen LogP contribution in [0.25, 0.3) is 0 Å². The third-order valence-electron chi connectivity index (χ3n) is 1.88. The van der Waals surface area contributed by atoms with Gasteiger partial charge in [-0.15, -0.1) is 10.2 Å². The number of piperazine rings is 1. The highest BCUT2D eigenvalue weighted by molar-refractivity contribution is 7.98. The first-order chi connectivity index (χ1) is 6.34. The maximum Gasteiger partial charge on any atom is 0.189 e. The van der Waals surface area contributed by atoms with E-state index in [-0.39, 0.29) is 0 Å².